The molecule has 74 valence electrons. The first kappa shape index (κ1) is 13.0. The largest absolute Gasteiger partial charge is 0.760 e. The van der Waals surface area contributed by atoms with Crippen LogP contribution in [-0.2, 0) is 11.3 Å². The monoisotopic (exact) mass is 312 g/mol. The molecule has 0 saturated carbocycles. The Kier molecular flexibility index (Phi) is 6.48. The molecule has 0 aliphatic heterocycles. The quantitative estimate of drug-likeness (QED) is 0.585. The van der Waals surface area contributed by atoms with Crippen molar-refractivity contribution < 1.29 is 8.76 Å². The fourth-order valence-electron chi connectivity index (χ4n) is 0.705. The minimum absolute atomic E-state index is 1.32. The lowest BCUT2D eigenvalue weighted by Gasteiger charge is -1.97. The van der Waals surface area contributed by atoms with Gasteiger partial charge in [0.05, 0.1) is 0 Å². The maximum atomic E-state index is 8.78. The van der Waals surface area contributed by atoms with Crippen molar-refractivity contribution in [2.75, 3.05) is 0 Å². The zero-order chi connectivity index (χ0) is 10.4. The van der Waals surface area contributed by atoms with Gasteiger partial charge in [0.15, 0.2) is 0 Å². The van der Waals surface area contributed by atoms with E-state index >= 15 is 0 Å². The van der Waals surface area contributed by atoms with Crippen LogP contribution in [0.2, 0.25) is 0 Å². The summed E-state index contributed by atoms with van der Waals surface area (Å²) in [5, 5.41) is 4.03. The number of aryl methyl sites for hydroxylation is 2. The van der Waals surface area contributed by atoms with Gasteiger partial charge in [0, 0.05) is 14.8 Å². The molecule has 0 radical (unpaired) electrons. The number of rotatable bonds is 0. The highest BCUT2D eigenvalue weighted by atomic mass is 127. The summed E-state index contributed by atoms with van der Waals surface area (Å²) in [6, 6.07) is 6.47. The van der Waals surface area contributed by atoms with Crippen molar-refractivity contribution in [3.8, 4) is 0 Å². The molecule has 2 N–H and O–H groups in total. The highest BCUT2D eigenvalue weighted by Gasteiger charge is 1.90. The van der Waals surface area contributed by atoms with E-state index in [1.54, 1.807) is 0 Å². The summed E-state index contributed by atoms with van der Waals surface area (Å²) in [4.78, 5) is 0. The number of hydrogen-bond donors (Lipinski definition) is 1. The van der Waals surface area contributed by atoms with E-state index in [1.165, 1.54) is 14.7 Å². The van der Waals surface area contributed by atoms with Gasteiger partial charge in [-0.3, -0.25) is 9.35 Å². The van der Waals surface area contributed by atoms with Crippen molar-refractivity contribution in [3.63, 3.8) is 0 Å². The molecular weight excluding hydrogens is 301 g/mol. The number of nitrogens with two attached hydrogens (primary N) is 1. The summed E-state index contributed by atoms with van der Waals surface area (Å²) >= 11 is -0.0390. The maximum absolute atomic E-state index is 8.78. The van der Waals surface area contributed by atoms with E-state index in [0.29, 0.717) is 0 Å². The fourth-order valence-corrected chi connectivity index (χ4v) is 1.35. The number of halogens is 1. The fraction of sp³-hybridized carbons (Fsp3) is 0.250. The van der Waals surface area contributed by atoms with Gasteiger partial charge in [-0.15, -0.1) is 0 Å². The van der Waals surface area contributed by atoms with Gasteiger partial charge in [-0.25, -0.2) is 0 Å². The predicted octanol–water partition coefficient (Wildman–Crippen LogP) is 1.65. The third-order valence-corrected chi connectivity index (χ3v) is 2.14. The van der Waals surface area contributed by atoms with Gasteiger partial charge in [-0.2, -0.15) is 0 Å². The molecule has 0 saturated heterocycles. The van der Waals surface area contributed by atoms with Gasteiger partial charge in [0.1, 0.15) is 0 Å². The normalized spacial score (nSPS) is 11.5. The molecule has 1 aromatic rings. The van der Waals surface area contributed by atoms with Crippen LogP contribution in [0.25, 0.3) is 0 Å². The van der Waals surface area contributed by atoms with E-state index in [9.17, 15) is 0 Å². The second kappa shape index (κ2) is 6.47. The summed E-state index contributed by atoms with van der Waals surface area (Å²) in [7, 11) is 0. The lowest BCUT2D eigenvalue weighted by Crippen LogP contribution is -1.97. The van der Waals surface area contributed by atoms with Crippen LogP contribution in [0.5, 0.6) is 0 Å². The Bertz CT molecular complexity index is 300. The van der Waals surface area contributed by atoms with E-state index in [1.807, 2.05) is 0 Å². The highest BCUT2D eigenvalue weighted by Crippen LogP contribution is 2.10. The first-order valence-corrected chi connectivity index (χ1v) is 5.71. The molecule has 0 aromatic heterocycles. The van der Waals surface area contributed by atoms with Crippen molar-refractivity contribution in [2.45, 2.75) is 13.8 Å². The van der Waals surface area contributed by atoms with Gasteiger partial charge in [0.2, 0.25) is 0 Å². The molecule has 0 bridgehead atoms. The van der Waals surface area contributed by atoms with Crippen LogP contribution in [0.1, 0.15) is 11.1 Å². The number of hydrogen-bond acceptors (Lipinski definition) is 2. The summed E-state index contributed by atoms with van der Waals surface area (Å²) in [6.07, 6.45) is 0. The van der Waals surface area contributed by atoms with Crippen molar-refractivity contribution in [2.24, 2.45) is 5.14 Å². The summed E-state index contributed by atoms with van der Waals surface area (Å²) in [5.41, 5.74) is 2.75. The molecule has 3 nitrogen and oxygen atoms in total. The van der Waals surface area contributed by atoms with Crippen LogP contribution in [0.3, 0.4) is 0 Å². The second-order valence-electron chi connectivity index (χ2n) is 2.49. The average Bonchev–Trinajstić information content (AvgIpc) is 1.96. The smallest absolute Gasteiger partial charge is 0.0152 e. The van der Waals surface area contributed by atoms with Gasteiger partial charge in [-0.05, 0) is 59.7 Å². The van der Waals surface area contributed by atoms with Crippen LogP contribution in [0, 0.1) is 17.4 Å². The SMILES string of the molecule is Cc1ccc(I)cc1C.NS(=O)[O-]. The molecule has 1 unspecified atom stereocenters. The average molecular weight is 312 g/mol. The van der Waals surface area contributed by atoms with Crippen molar-refractivity contribution in [1.82, 2.24) is 0 Å². The molecule has 0 aliphatic carbocycles. The van der Waals surface area contributed by atoms with Gasteiger partial charge in [-0.1, -0.05) is 6.07 Å². The minimum Gasteiger partial charge on any atom is -0.760 e. The zero-order valence-corrected chi connectivity index (χ0v) is 10.4. The Morgan fingerprint density at radius 2 is 1.85 bits per heavy atom. The van der Waals surface area contributed by atoms with Crippen LogP contribution in [-0.4, -0.2) is 8.76 Å². The topological polar surface area (TPSA) is 66.2 Å². The molecule has 0 amide bonds. The molecule has 0 aliphatic rings. The van der Waals surface area contributed by atoms with E-state index in [2.05, 4.69) is 59.8 Å². The predicted molar refractivity (Wildman–Crippen MR) is 61.7 cm³/mol. The van der Waals surface area contributed by atoms with Gasteiger partial charge >= 0.3 is 0 Å². The Labute approximate surface area is 94.3 Å². The lowest BCUT2D eigenvalue weighted by molar-refractivity contribution is 0.539. The third-order valence-electron chi connectivity index (χ3n) is 1.47. The zero-order valence-electron chi connectivity index (χ0n) is 7.41. The minimum atomic E-state index is -2.36. The Morgan fingerprint density at radius 1 is 1.38 bits per heavy atom. The van der Waals surface area contributed by atoms with Crippen molar-refractivity contribution in [1.29, 1.82) is 0 Å². The Balaban J connectivity index is 0.000000310. The molecule has 0 heterocycles. The van der Waals surface area contributed by atoms with E-state index in [4.69, 9.17) is 8.76 Å². The van der Waals surface area contributed by atoms with E-state index < -0.39 is 11.3 Å². The first-order valence-electron chi connectivity index (χ1n) is 3.50. The maximum Gasteiger partial charge on any atom is 0.0152 e. The highest BCUT2D eigenvalue weighted by molar-refractivity contribution is 14.1. The molecule has 13 heavy (non-hydrogen) atoms. The second-order valence-corrected chi connectivity index (χ2v) is 4.26. The summed E-state index contributed by atoms with van der Waals surface area (Å²) < 4.78 is 18.9. The molecule has 1 aromatic carbocycles. The van der Waals surface area contributed by atoms with Crippen LogP contribution in [0.15, 0.2) is 18.2 Å². The van der Waals surface area contributed by atoms with E-state index in [-0.39, 0.29) is 0 Å². The summed E-state index contributed by atoms with van der Waals surface area (Å²) in [6.45, 7) is 4.27. The Morgan fingerprint density at radius 3 is 2.15 bits per heavy atom. The first-order chi connectivity index (χ1) is 5.93. The van der Waals surface area contributed by atoms with Crippen LogP contribution in [0.4, 0.5) is 0 Å². The van der Waals surface area contributed by atoms with Gasteiger partial charge in [0.25, 0.3) is 0 Å². The molecule has 0 spiro atoms. The van der Waals surface area contributed by atoms with Crippen molar-refractivity contribution in [3.05, 3.63) is 32.9 Å². The standard InChI is InChI=1S/C8H9I.H3NO2S/c1-6-3-4-8(9)5-7(6)2;1-4(2)3/h3-5H,1-2H3;1H2,(H,2,3)/p-1. The lowest BCUT2D eigenvalue weighted by atomic mass is 10.1. The number of benzene rings is 1. The van der Waals surface area contributed by atoms with Crippen molar-refractivity contribution >= 4 is 33.9 Å². The van der Waals surface area contributed by atoms with Gasteiger partial charge < -0.3 is 4.55 Å². The molecule has 0 fully saturated rings. The summed E-state index contributed by atoms with van der Waals surface area (Å²) in [5.74, 6) is 0. The molecular formula is C8H11INO2S-. The third kappa shape index (κ3) is 7.12. The Hall–Kier alpha value is 0.0200. The molecule has 1 atom stereocenters. The van der Waals surface area contributed by atoms with Crippen LogP contribution < -0.4 is 5.14 Å². The van der Waals surface area contributed by atoms with E-state index in [0.717, 1.165) is 0 Å². The molecule has 5 heteroatoms. The van der Waals surface area contributed by atoms with Crippen LogP contribution >= 0.6 is 22.6 Å². The molecule has 1 rings (SSSR count).